The third-order valence-corrected chi connectivity index (χ3v) is 3.48. The molecule has 0 fully saturated rings. The van der Waals surface area contributed by atoms with Gasteiger partial charge in [-0.05, 0) is 65.2 Å². The Morgan fingerprint density at radius 1 is 1.38 bits per heavy atom. The molecule has 0 amide bonds. The van der Waals surface area contributed by atoms with E-state index in [-0.39, 0.29) is 0 Å². The molecule has 2 heteroatoms. The molecule has 0 aromatic rings. The van der Waals surface area contributed by atoms with E-state index in [4.69, 9.17) is 5.11 Å². The van der Waals surface area contributed by atoms with Gasteiger partial charge in [-0.25, -0.2) is 0 Å². The summed E-state index contributed by atoms with van der Waals surface area (Å²) in [6.45, 7) is 6.30. The Morgan fingerprint density at radius 2 is 2.06 bits per heavy atom. The van der Waals surface area contributed by atoms with E-state index in [9.17, 15) is 5.11 Å². The number of hydrogen-bond donors (Lipinski definition) is 2. The molecule has 1 aliphatic rings. The molecule has 0 aromatic heterocycles. The molecule has 0 saturated heterocycles. The van der Waals surface area contributed by atoms with Crippen molar-refractivity contribution >= 4 is 0 Å². The van der Waals surface area contributed by atoms with E-state index < -0.39 is 5.60 Å². The van der Waals surface area contributed by atoms with Gasteiger partial charge in [0.25, 0.3) is 0 Å². The van der Waals surface area contributed by atoms with Crippen molar-refractivity contribution in [1.29, 1.82) is 0 Å². The smallest absolute Gasteiger partial charge is 0.0594 e. The van der Waals surface area contributed by atoms with Gasteiger partial charge >= 0.3 is 0 Å². The lowest BCUT2D eigenvalue weighted by atomic mass is 9.78. The van der Waals surface area contributed by atoms with Crippen LogP contribution in [0, 0.1) is 5.92 Å². The summed E-state index contributed by atoms with van der Waals surface area (Å²) in [4.78, 5) is 0. The predicted molar refractivity (Wildman–Crippen MR) is 67.3 cm³/mol. The van der Waals surface area contributed by atoms with Crippen molar-refractivity contribution in [3.63, 3.8) is 0 Å². The standard InChI is InChI=1S/C14H26O2/c1-11-9-12(10-14(2,3)16)6-7-13(11)5-4-8-15/h12,15-16H,4-10H2,1-3H3. The Labute approximate surface area is 99.4 Å². The third kappa shape index (κ3) is 4.67. The average molecular weight is 226 g/mol. The zero-order valence-corrected chi connectivity index (χ0v) is 10.9. The Kier molecular flexibility index (Phi) is 5.00. The molecule has 0 spiro atoms. The van der Waals surface area contributed by atoms with Crippen molar-refractivity contribution in [3.05, 3.63) is 11.1 Å². The van der Waals surface area contributed by atoms with Gasteiger partial charge in [-0.2, -0.15) is 0 Å². The SMILES string of the molecule is CC1=C(CCCO)CCC(CC(C)(C)O)C1. The number of allylic oxidation sites excluding steroid dienone is 2. The van der Waals surface area contributed by atoms with Gasteiger partial charge in [0.1, 0.15) is 0 Å². The van der Waals surface area contributed by atoms with Gasteiger partial charge in [0.05, 0.1) is 5.60 Å². The number of aliphatic hydroxyl groups is 2. The third-order valence-electron chi connectivity index (χ3n) is 3.48. The Morgan fingerprint density at radius 3 is 2.56 bits per heavy atom. The number of aliphatic hydroxyl groups excluding tert-OH is 1. The van der Waals surface area contributed by atoms with Crippen LogP contribution in [0.5, 0.6) is 0 Å². The van der Waals surface area contributed by atoms with E-state index in [0.29, 0.717) is 12.5 Å². The molecular formula is C14H26O2. The fraction of sp³-hybridized carbons (Fsp3) is 0.857. The van der Waals surface area contributed by atoms with Gasteiger partial charge in [-0.15, -0.1) is 0 Å². The van der Waals surface area contributed by atoms with Gasteiger partial charge < -0.3 is 10.2 Å². The van der Waals surface area contributed by atoms with E-state index in [0.717, 1.165) is 32.1 Å². The summed E-state index contributed by atoms with van der Waals surface area (Å²) in [5.74, 6) is 0.637. The monoisotopic (exact) mass is 226 g/mol. The lowest BCUT2D eigenvalue weighted by Gasteiger charge is -2.30. The minimum atomic E-state index is -0.534. The maximum atomic E-state index is 9.81. The minimum Gasteiger partial charge on any atom is -0.396 e. The summed E-state index contributed by atoms with van der Waals surface area (Å²) in [6, 6.07) is 0. The molecule has 0 aromatic carbocycles. The molecule has 1 unspecified atom stereocenters. The molecule has 0 heterocycles. The van der Waals surface area contributed by atoms with Gasteiger partial charge in [-0.1, -0.05) is 11.1 Å². The fourth-order valence-electron chi connectivity index (χ4n) is 2.78. The largest absolute Gasteiger partial charge is 0.396 e. The molecule has 1 atom stereocenters. The maximum absolute atomic E-state index is 9.81. The zero-order valence-electron chi connectivity index (χ0n) is 10.9. The van der Waals surface area contributed by atoms with E-state index in [1.54, 1.807) is 5.57 Å². The summed E-state index contributed by atoms with van der Waals surface area (Å²) in [6.07, 6.45) is 6.33. The van der Waals surface area contributed by atoms with Gasteiger partial charge in [-0.3, -0.25) is 0 Å². The normalized spacial score (nSPS) is 22.7. The summed E-state index contributed by atoms with van der Waals surface area (Å²) >= 11 is 0. The molecule has 0 bridgehead atoms. The molecule has 0 saturated carbocycles. The quantitative estimate of drug-likeness (QED) is 0.707. The van der Waals surface area contributed by atoms with Crippen LogP contribution in [0.1, 0.15) is 59.3 Å². The van der Waals surface area contributed by atoms with Crippen LogP contribution in [0.2, 0.25) is 0 Å². The Balaban J connectivity index is 2.47. The van der Waals surface area contributed by atoms with Crippen molar-refractivity contribution in [2.24, 2.45) is 5.92 Å². The van der Waals surface area contributed by atoms with Crippen molar-refractivity contribution in [2.75, 3.05) is 6.61 Å². The molecular weight excluding hydrogens is 200 g/mol. The van der Waals surface area contributed by atoms with Crippen molar-refractivity contribution in [1.82, 2.24) is 0 Å². The second-order valence-corrected chi connectivity index (χ2v) is 5.84. The molecule has 2 N–H and O–H groups in total. The average Bonchev–Trinajstić information content (AvgIpc) is 2.14. The summed E-state index contributed by atoms with van der Waals surface area (Å²) in [5, 5.41) is 18.6. The van der Waals surface area contributed by atoms with Gasteiger partial charge in [0.2, 0.25) is 0 Å². The van der Waals surface area contributed by atoms with Crippen LogP contribution in [-0.2, 0) is 0 Å². The van der Waals surface area contributed by atoms with Crippen LogP contribution in [0.3, 0.4) is 0 Å². The molecule has 16 heavy (non-hydrogen) atoms. The van der Waals surface area contributed by atoms with Crippen molar-refractivity contribution < 1.29 is 10.2 Å². The summed E-state index contributed by atoms with van der Waals surface area (Å²) in [7, 11) is 0. The molecule has 2 nitrogen and oxygen atoms in total. The number of rotatable bonds is 5. The molecule has 0 aliphatic heterocycles. The van der Waals surface area contributed by atoms with Crippen molar-refractivity contribution in [2.45, 2.75) is 64.9 Å². The highest BCUT2D eigenvalue weighted by atomic mass is 16.3. The highest BCUT2D eigenvalue weighted by molar-refractivity contribution is 5.16. The molecule has 1 aliphatic carbocycles. The number of hydrogen-bond acceptors (Lipinski definition) is 2. The first-order chi connectivity index (χ1) is 7.42. The van der Waals surface area contributed by atoms with Crippen LogP contribution >= 0.6 is 0 Å². The Hall–Kier alpha value is -0.340. The van der Waals surface area contributed by atoms with Crippen LogP contribution in [-0.4, -0.2) is 22.4 Å². The van der Waals surface area contributed by atoms with Crippen molar-refractivity contribution in [3.8, 4) is 0 Å². The lowest BCUT2D eigenvalue weighted by Crippen LogP contribution is -2.25. The first kappa shape index (κ1) is 13.7. The van der Waals surface area contributed by atoms with Crippen LogP contribution < -0.4 is 0 Å². The fourth-order valence-corrected chi connectivity index (χ4v) is 2.78. The molecule has 0 radical (unpaired) electrons. The first-order valence-electron chi connectivity index (χ1n) is 6.43. The minimum absolute atomic E-state index is 0.296. The molecule has 94 valence electrons. The second-order valence-electron chi connectivity index (χ2n) is 5.84. The topological polar surface area (TPSA) is 40.5 Å². The Bertz CT molecular complexity index is 248. The molecule has 1 rings (SSSR count). The highest BCUT2D eigenvalue weighted by Gasteiger charge is 2.24. The van der Waals surface area contributed by atoms with E-state index in [1.165, 1.54) is 12.0 Å². The van der Waals surface area contributed by atoms with Crippen LogP contribution in [0.15, 0.2) is 11.1 Å². The zero-order chi connectivity index (χ0) is 12.2. The van der Waals surface area contributed by atoms with Gasteiger partial charge in [0.15, 0.2) is 0 Å². The summed E-state index contributed by atoms with van der Waals surface area (Å²) in [5.41, 5.74) is 2.50. The van der Waals surface area contributed by atoms with E-state index in [2.05, 4.69) is 6.92 Å². The van der Waals surface area contributed by atoms with E-state index in [1.807, 2.05) is 13.8 Å². The maximum Gasteiger partial charge on any atom is 0.0594 e. The van der Waals surface area contributed by atoms with E-state index >= 15 is 0 Å². The second kappa shape index (κ2) is 5.83. The predicted octanol–water partition coefficient (Wildman–Crippen LogP) is 3.04. The lowest BCUT2D eigenvalue weighted by molar-refractivity contribution is 0.0501. The highest BCUT2D eigenvalue weighted by Crippen LogP contribution is 2.35. The van der Waals surface area contributed by atoms with Gasteiger partial charge in [0, 0.05) is 6.61 Å². The first-order valence-corrected chi connectivity index (χ1v) is 6.43. The summed E-state index contributed by atoms with van der Waals surface area (Å²) < 4.78 is 0. The van der Waals surface area contributed by atoms with Crippen LogP contribution in [0.25, 0.3) is 0 Å². The van der Waals surface area contributed by atoms with Crippen LogP contribution in [0.4, 0.5) is 0 Å².